The molecule has 1 aromatic carbocycles. The molecule has 0 bridgehead atoms. The molecule has 6 heteroatoms. The van der Waals surface area contributed by atoms with Crippen molar-refractivity contribution < 1.29 is 4.39 Å². The van der Waals surface area contributed by atoms with Gasteiger partial charge >= 0.3 is 0 Å². The Kier molecular flexibility index (Phi) is 3.26. The van der Waals surface area contributed by atoms with Gasteiger partial charge in [-0.05, 0) is 41.0 Å². The Morgan fingerprint density at radius 1 is 1.32 bits per heavy atom. The summed E-state index contributed by atoms with van der Waals surface area (Å²) in [5, 5.41) is 11.7. The predicted molar refractivity (Wildman–Crippen MR) is 71.8 cm³/mol. The number of hydrogen-bond acceptors (Lipinski definition) is 4. The average Bonchev–Trinajstić information content (AvgIpc) is 2.75. The van der Waals surface area contributed by atoms with E-state index in [9.17, 15) is 4.39 Å². The van der Waals surface area contributed by atoms with Crippen LogP contribution in [0.25, 0.3) is 11.4 Å². The lowest BCUT2D eigenvalue weighted by Crippen LogP contribution is -2.23. The zero-order valence-corrected chi connectivity index (χ0v) is 11.6. The fourth-order valence-electron chi connectivity index (χ4n) is 1.74. The van der Waals surface area contributed by atoms with Crippen LogP contribution in [0.5, 0.6) is 0 Å². The zero-order chi connectivity index (χ0) is 14.2. The average molecular weight is 263 g/mol. The summed E-state index contributed by atoms with van der Waals surface area (Å²) in [4.78, 5) is 0. The number of anilines is 1. The molecule has 1 aromatic heterocycles. The number of hydrogen-bond donors (Lipinski definition) is 1. The number of nitrogen functional groups attached to an aromatic ring is 1. The molecule has 1 unspecified atom stereocenters. The minimum atomic E-state index is -0.371. The summed E-state index contributed by atoms with van der Waals surface area (Å²) >= 11 is 0. The third-order valence-electron chi connectivity index (χ3n) is 3.37. The molecule has 0 fully saturated rings. The van der Waals surface area contributed by atoms with Crippen molar-refractivity contribution in [2.45, 2.75) is 33.7 Å². The van der Waals surface area contributed by atoms with Crippen LogP contribution in [0.4, 0.5) is 10.1 Å². The Hall–Kier alpha value is -1.98. The lowest BCUT2D eigenvalue weighted by molar-refractivity contribution is 0.243. The summed E-state index contributed by atoms with van der Waals surface area (Å²) < 4.78 is 14.8. The van der Waals surface area contributed by atoms with E-state index < -0.39 is 0 Å². The van der Waals surface area contributed by atoms with Gasteiger partial charge in [-0.15, -0.1) is 5.10 Å². The van der Waals surface area contributed by atoms with Crippen molar-refractivity contribution in [3.05, 3.63) is 24.0 Å². The van der Waals surface area contributed by atoms with Gasteiger partial charge in [0.15, 0.2) is 5.82 Å². The molecule has 0 aliphatic carbocycles. The molecule has 0 amide bonds. The van der Waals surface area contributed by atoms with Gasteiger partial charge < -0.3 is 5.73 Å². The summed E-state index contributed by atoms with van der Waals surface area (Å²) in [6.07, 6.45) is 0. The van der Waals surface area contributed by atoms with Crippen LogP contribution in [0.2, 0.25) is 0 Å². The Morgan fingerprint density at radius 2 is 2.00 bits per heavy atom. The number of benzene rings is 1. The summed E-state index contributed by atoms with van der Waals surface area (Å²) in [7, 11) is 0. The highest BCUT2D eigenvalue weighted by Gasteiger charge is 2.26. The zero-order valence-electron chi connectivity index (χ0n) is 11.6. The van der Waals surface area contributed by atoms with Gasteiger partial charge in [-0.25, -0.2) is 9.07 Å². The van der Waals surface area contributed by atoms with E-state index in [1.807, 2.05) is 6.92 Å². The lowest BCUT2D eigenvalue weighted by Gasteiger charge is -2.27. The highest BCUT2D eigenvalue weighted by atomic mass is 19.1. The molecule has 102 valence electrons. The van der Waals surface area contributed by atoms with E-state index in [4.69, 9.17) is 5.73 Å². The highest BCUT2D eigenvalue weighted by Crippen LogP contribution is 2.33. The first kappa shape index (κ1) is 13.5. The molecule has 0 radical (unpaired) electrons. The SMILES string of the molecule is CC(n1nnnc1-c1ccc(F)cc1N)C(C)(C)C. The maximum Gasteiger partial charge on any atom is 0.184 e. The van der Waals surface area contributed by atoms with Gasteiger partial charge in [0.05, 0.1) is 6.04 Å². The van der Waals surface area contributed by atoms with E-state index in [2.05, 4.69) is 36.3 Å². The summed E-state index contributed by atoms with van der Waals surface area (Å²) in [5.74, 6) is 0.184. The maximum absolute atomic E-state index is 13.1. The van der Waals surface area contributed by atoms with Crippen LogP contribution in [-0.4, -0.2) is 20.2 Å². The molecule has 0 aliphatic heterocycles. The number of halogens is 1. The molecule has 5 nitrogen and oxygen atoms in total. The van der Waals surface area contributed by atoms with Crippen LogP contribution in [0.15, 0.2) is 18.2 Å². The third-order valence-corrected chi connectivity index (χ3v) is 3.37. The fourth-order valence-corrected chi connectivity index (χ4v) is 1.74. The monoisotopic (exact) mass is 263 g/mol. The summed E-state index contributed by atoms with van der Waals surface area (Å²) in [6.45, 7) is 8.37. The highest BCUT2D eigenvalue weighted by molar-refractivity contribution is 5.71. The van der Waals surface area contributed by atoms with Gasteiger partial charge in [0.1, 0.15) is 5.82 Å². The second kappa shape index (κ2) is 4.60. The minimum absolute atomic E-state index is 0.00107. The van der Waals surface area contributed by atoms with Crippen molar-refractivity contribution in [1.29, 1.82) is 0 Å². The van der Waals surface area contributed by atoms with Gasteiger partial charge in [-0.3, -0.25) is 0 Å². The fraction of sp³-hybridized carbons (Fsp3) is 0.462. The van der Waals surface area contributed by atoms with Crippen molar-refractivity contribution in [2.24, 2.45) is 5.41 Å². The van der Waals surface area contributed by atoms with Crippen LogP contribution in [0.3, 0.4) is 0 Å². The lowest BCUT2D eigenvalue weighted by atomic mass is 9.88. The molecule has 0 aliphatic rings. The number of rotatable bonds is 2. The van der Waals surface area contributed by atoms with Crippen molar-refractivity contribution in [1.82, 2.24) is 20.2 Å². The second-order valence-electron chi connectivity index (χ2n) is 5.72. The van der Waals surface area contributed by atoms with Gasteiger partial charge in [-0.1, -0.05) is 20.8 Å². The van der Waals surface area contributed by atoms with E-state index in [1.165, 1.54) is 12.1 Å². The Bertz CT molecular complexity index is 585. The van der Waals surface area contributed by atoms with Crippen LogP contribution >= 0.6 is 0 Å². The third kappa shape index (κ3) is 2.57. The van der Waals surface area contributed by atoms with Crippen molar-refractivity contribution in [3.8, 4) is 11.4 Å². The molecule has 2 rings (SSSR count). The predicted octanol–water partition coefficient (Wildman–Crippen LogP) is 2.67. The summed E-state index contributed by atoms with van der Waals surface area (Å²) in [6, 6.07) is 4.31. The summed E-state index contributed by atoms with van der Waals surface area (Å²) in [5.41, 5.74) is 6.81. The number of aromatic nitrogens is 4. The maximum atomic E-state index is 13.1. The molecule has 2 aromatic rings. The standard InChI is InChI=1S/C13H18FN5/c1-8(13(2,3)4)19-12(16-17-18-19)10-6-5-9(14)7-11(10)15/h5-8H,15H2,1-4H3. The molecule has 0 saturated carbocycles. The van der Waals surface area contributed by atoms with Gasteiger partial charge in [0.2, 0.25) is 0 Å². The normalized spacial score (nSPS) is 13.5. The van der Waals surface area contributed by atoms with Gasteiger partial charge in [0.25, 0.3) is 0 Å². The van der Waals surface area contributed by atoms with Crippen LogP contribution in [-0.2, 0) is 0 Å². The van der Waals surface area contributed by atoms with Gasteiger partial charge in [-0.2, -0.15) is 0 Å². The van der Waals surface area contributed by atoms with Crippen LogP contribution < -0.4 is 5.73 Å². The molecule has 1 atom stereocenters. The van der Waals surface area contributed by atoms with Crippen LogP contribution in [0, 0.1) is 11.2 Å². The number of tetrazole rings is 1. The molecular weight excluding hydrogens is 245 g/mol. The molecule has 1 heterocycles. The first-order valence-electron chi connectivity index (χ1n) is 6.14. The largest absolute Gasteiger partial charge is 0.398 e. The first-order chi connectivity index (χ1) is 8.80. The second-order valence-corrected chi connectivity index (χ2v) is 5.72. The molecular formula is C13H18FN5. The van der Waals surface area contributed by atoms with Crippen LogP contribution in [0.1, 0.15) is 33.7 Å². The molecule has 19 heavy (non-hydrogen) atoms. The Morgan fingerprint density at radius 3 is 2.58 bits per heavy atom. The van der Waals surface area contributed by atoms with E-state index in [1.54, 1.807) is 10.7 Å². The van der Waals surface area contributed by atoms with Crippen molar-refractivity contribution >= 4 is 5.69 Å². The van der Waals surface area contributed by atoms with E-state index in [0.717, 1.165) is 0 Å². The Labute approximate surface area is 111 Å². The Balaban J connectivity index is 2.50. The van der Waals surface area contributed by atoms with E-state index in [0.29, 0.717) is 17.1 Å². The smallest absolute Gasteiger partial charge is 0.184 e. The van der Waals surface area contributed by atoms with Crippen molar-refractivity contribution in [3.63, 3.8) is 0 Å². The topological polar surface area (TPSA) is 69.6 Å². The molecule has 0 saturated heterocycles. The first-order valence-corrected chi connectivity index (χ1v) is 6.14. The number of nitrogens with two attached hydrogens (primary N) is 1. The van der Waals surface area contributed by atoms with E-state index >= 15 is 0 Å². The van der Waals surface area contributed by atoms with Crippen molar-refractivity contribution in [2.75, 3.05) is 5.73 Å². The van der Waals surface area contributed by atoms with E-state index in [-0.39, 0.29) is 17.3 Å². The molecule has 0 spiro atoms. The quantitative estimate of drug-likeness (QED) is 0.846. The minimum Gasteiger partial charge on any atom is -0.398 e. The van der Waals surface area contributed by atoms with Gasteiger partial charge in [0, 0.05) is 11.3 Å². The number of nitrogens with zero attached hydrogens (tertiary/aromatic N) is 4. The molecule has 2 N–H and O–H groups in total.